The van der Waals surface area contributed by atoms with E-state index in [1.165, 1.54) is 33.5 Å². The topological polar surface area (TPSA) is 92.8 Å². The van der Waals surface area contributed by atoms with Crippen molar-refractivity contribution in [3.63, 3.8) is 0 Å². The van der Waals surface area contributed by atoms with Gasteiger partial charge in [-0.1, -0.05) is 147 Å². The number of benzene rings is 6. The van der Waals surface area contributed by atoms with Crippen molar-refractivity contribution in [1.29, 1.82) is 0 Å². The third-order valence-corrected chi connectivity index (χ3v) is 8.57. The van der Waals surface area contributed by atoms with Gasteiger partial charge in [0.2, 0.25) is 0 Å². The summed E-state index contributed by atoms with van der Waals surface area (Å²) in [6.07, 6.45) is 3.56. The Morgan fingerprint density at radius 2 is 1.06 bits per heavy atom. The van der Waals surface area contributed by atoms with Gasteiger partial charge in [0.15, 0.2) is 5.78 Å². The van der Waals surface area contributed by atoms with E-state index < -0.39 is 0 Å². The molecule has 0 amide bonds. The van der Waals surface area contributed by atoms with Gasteiger partial charge in [0.25, 0.3) is 0 Å². The molecule has 0 aliphatic rings. The van der Waals surface area contributed by atoms with Gasteiger partial charge in [0, 0.05) is 14.5 Å². The maximum atomic E-state index is 11.3. The number of aliphatic hydroxyl groups excluding tert-OH is 1. The Kier molecular flexibility index (Phi) is 20.9. The Balaban J connectivity index is 0.000000251. The van der Waals surface area contributed by atoms with Gasteiger partial charge >= 0.3 is 0 Å². The Hall–Kier alpha value is -4.01. The number of phenolic OH excluding ortho intramolecular Hbond substituents is 1. The van der Waals surface area contributed by atoms with Gasteiger partial charge in [0.1, 0.15) is 12.4 Å². The highest BCUT2D eigenvalue weighted by atomic mass is 79.9. The van der Waals surface area contributed by atoms with Gasteiger partial charge in [-0.15, -0.1) is 0 Å². The smallest absolute Gasteiger partial charge is 0.159 e. The maximum absolute atomic E-state index is 11.3. The fourth-order valence-corrected chi connectivity index (χ4v) is 6.07. The van der Waals surface area contributed by atoms with Crippen molar-refractivity contribution in [2.45, 2.75) is 67.3 Å². The van der Waals surface area contributed by atoms with E-state index in [2.05, 4.69) is 125 Å². The van der Waals surface area contributed by atoms with Gasteiger partial charge in [-0.05, 0) is 124 Å². The quantitative estimate of drug-likeness (QED) is 0.0805. The lowest BCUT2D eigenvalue weighted by Gasteiger charge is -2.07. The molecule has 6 aromatic rings. The van der Waals surface area contributed by atoms with Crippen molar-refractivity contribution in [2.24, 2.45) is 17.6 Å². The maximum Gasteiger partial charge on any atom is 0.159 e. The highest BCUT2D eigenvalue weighted by Gasteiger charge is 2.04. The van der Waals surface area contributed by atoms with E-state index in [1.807, 2.05) is 56.3 Å². The van der Waals surface area contributed by atoms with Crippen molar-refractivity contribution in [3.05, 3.63) is 148 Å². The van der Waals surface area contributed by atoms with Crippen molar-refractivity contribution >= 4 is 70.0 Å². The first-order valence-corrected chi connectivity index (χ1v) is 19.9. The number of carbonyl (C=O) groups is 1. The molecule has 0 aromatic heterocycles. The summed E-state index contributed by atoms with van der Waals surface area (Å²) in [6, 6.07) is 37.2. The molecule has 0 fully saturated rings. The van der Waals surface area contributed by atoms with Gasteiger partial charge < -0.3 is 20.7 Å². The van der Waals surface area contributed by atoms with Crippen molar-refractivity contribution in [3.8, 4) is 5.75 Å². The molecule has 6 rings (SSSR count). The number of hydrogen-bond acceptors (Lipinski definition) is 5. The molecule has 0 heterocycles. The van der Waals surface area contributed by atoms with Crippen molar-refractivity contribution < 1.29 is 19.7 Å². The summed E-state index contributed by atoms with van der Waals surface area (Å²) in [4.78, 5) is 11.3. The van der Waals surface area contributed by atoms with Crippen LogP contribution in [0.25, 0.3) is 32.3 Å². The summed E-state index contributed by atoms with van der Waals surface area (Å²) < 4.78 is 6.70. The minimum atomic E-state index is 0.0615. The number of phenols is 1. The van der Waals surface area contributed by atoms with E-state index in [-0.39, 0.29) is 12.4 Å². The number of Topliss-reactive ketones (excluding diaryl/α,β-unsaturated/α-hetero) is 1. The first-order chi connectivity index (χ1) is 25.6. The molecule has 0 bridgehead atoms. The number of nitrogens with two attached hydrogens (primary N) is 1. The molecule has 288 valence electrons. The fourth-order valence-electron chi connectivity index (χ4n) is 5.32. The molecular weight excluding hydrogens is 802 g/mol. The average Bonchev–Trinajstić information content (AvgIpc) is 3.11. The van der Waals surface area contributed by atoms with Crippen LogP contribution >= 0.6 is 31.9 Å². The SMILES string of the molecule is C=COCCO.CC(=O)c1ccc2cc(CC(C)C)ccc2c1.CC(C)Cc1ccc2cc(Br)ccc2c1.CC(C)N.Oc1ccc2cc(Br)ccc2c1. The molecule has 54 heavy (non-hydrogen) atoms. The Bertz CT molecular complexity index is 2010. The summed E-state index contributed by atoms with van der Waals surface area (Å²) >= 11 is 6.88. The number of aliphatic hydroxyl groups is 1. The molecule has 0 atom stereocenters. The third kappa shape index (κ3) is 17.9. The van der Waals surface area contributed by atoms with Crippen LogP contribution in [0, 0.1) is 11.8 Å². The molecule has 7 heteroatoms. The van der Waals surface area contributed by atoms with E-state index in [4.69, 9.17) is 10.8 Å². The van der Waals surface area contributed by atoms with Crippen LogP contribution in [0.5, 0.6) is 5.75 Å². The van der Waals surface area contributed by atoms with E-state index in [9.17, 15) is 9.90 Å². The summed E-state index contributed by atoms with van der Waals surface area (Å²) in [5.74, 6) is 1.82. The van der Waals surface area contributed by atoms with Crippen LogP contribution in [0.2, 0.25) is 0 Å². The standard InChI is InChI=1S/C16H18O.C14H15Br.C10H7BrO.C4H8O2.C3H9N/c1-11(2)8-13-4-5-16-10-14(12(3)17)6-7-15(16)9-13;1-10(2)7-11-3-4-13-9-14(15)6-5-12(13)8-11;11-9-3-1-8-6-10(12)4-2-7(8)5-9;1-2-6-4-3-5;1-3(2)4/h4-7,9-11H,8H2,1-3H3;3-6,8-10H,7H2,1-2H3;1-6,12H;2,5H,1,3-4H2;3H,4H2,1-2H3. The van der Waals surface area contributed by atoms with Crippen LogP contribution in [0.3, 0.4) is 0 Å². The highest BCUT2D eigenvalue weighted by Crippen LogP contribution is 2.24. The Labute approximate surface area is 339 Å². The monoisotopic (exact) mass is 857 g/mol. The number of carbonyl (C=O) groups excluding carboxylic acids is 1. The minimum Gasteiger partial charge on any atom is -0.508 e. The van der Waals surface area contributed by atoms with Gasteiger partial charge in [-0.2, -0.15) is 0 Å². The summed E-state index contributed by atoms with van der Waals surface area (Å²) in [7, 11) is 0. The lowest BCUT2D eigenvalue weighted by Crippen LogP contribution is -2.06. The molecular formula is C47H57Br2NO4. The van der Waals surface area contributed by atoms with Gasteiger partial charge in [-0.3, -0.25) is 4.79 Å². The molecule has 0 saturated carbocycles. The number of fused-ring (bicyclic) bond motifs is 3. The lowest BCUT2D eigenvalue weighted by atomic mass is 9.98. The number of halogens is 2. The number of ether oxygens (including phenoxy) is 1. The summed E-state index contributed by atoms with van der Waals surface area (Å²) in [5.41, 5.74) is 8.69. The third-order valence-electron chi connectivity index (χ3n) is 7.58. The molecule has 0 saturated heterocycles. The van der Waals surface area contributed by atoms with Crippen LogP contribution in [-0.4, -0.2) is 35.3 Å². The summed E-state index contributed by atoms with van der Waals surface area (Å²) in [6.45, 7) is 18.1. The van der Waals surface area contributed by atoms with E-state index in [1.54, 1.807) is 19.1 Å². The number of rotatable bonds is 8. The molecule has 0 aliphatic heterocycles. The van der Waals surface area contributed by atoms with Crippen LogP contribution in [0.4, 0.5) is 0 Å². The molecule has 0 unspecified atom stereocenters. The van der Waals surface area contributed by atoms with Gasteiger partial charge in [0.05, 0.1) is 12.9 Å². The summed E-state index contributed by atoms with van der Waals surface area (Å²) in [5, 5.41) is 24.4. The predicted molar refractivity (Wildman–Crippen MR) is 239 cm³/mol. The molecule has 0 spiro atoms. The number of ketones is 1. The highest BCUT2D eigenvalue weighted by molar-refractivity contribution is 9.10. The van der Waals surface area contributed by atoms with Crippen LogP contribution in [0.15, 0.2) is 131 Å². The molecule has 4 N–H and O–H groups in total. The molecule has 0 radical (unpaired) electrons. The van der Waals surface area contributed by atoms with Crippen molar-refractivity contribution in [2.75, 3.05) is 13.2 Å². The van der Waals surface area contributed by atoms with Crippen molar-refractivity contribution in [1.82, 2.24) is 0 Å². The lowest BCUT2D eigenvalue weighted by molar-refractivity contribution is 0.101. The fraction of sp³-hybridized carbons (Fsp3) is 0.298. The minimum absolute atomic E-state index is 0.0615. The number of aromatic hydroxyl groups is 1. The zero-order valence-electron chi connectivity index (χ0n) is 32.8. The van der Waals surface area contributed by atoms with Crippen LogP contribution in [0.1, 0.15) is 70.0 Å². The van der Waals surface area contributed by atoms with Crippen LogP contribution in [-0.2, 0) is 17.6 Å². The average molecular weight is 860 g/mol. The Morgan fingerprint density at radius 1 is 0.667 bits per heavy atom. The van der Waals surface area contributed by atoms with Crippen LogP contribution < -0.4 is 5.73 Å². The predicted octanol–water partition coefficient (Wildman–Crippen LogP) is 12.8. The normalized spacial score (nSPS) is 10.4. The first kappa shape index (κ1) is 46.1. The second-order valence-electron chi connectivity index (χ2n) is 14.2. The van der Waals surface area contributed by atoms with E-state index in [0.717, 1.165) is 49.4 Å². The number of hydrogen-bond donors (Lipinski definition) is 3. The largest absolute Gasteiger partial charge is 0.508 e. The van der Waals surface area contributed by atoms with E-state index in [0.29, 0.717) is 24.3 Å². The zero-order valence-corrected chi connectivity index (χ0v) is 36.0. The van der Waals surface area contributed by atoms with E-state index >= 15 is 0 Å². The molecule has 5 nitrogen and oxygen atoms in total. The zero-order chi connectivity index (χ0) is 40.2. The Morgan fingerprint density at radius 3 is 1.46 bits per heavy atom. The molecule has 6 aromatic carbocycles. The molecule has 0 aliphatic carbocycles. The first-order valence-electron chi connectivity index (χ1n) is 18.3. The second kappa shape index (κ2) is 24.4. The van der Waals surface area contributed by atoms with Gasteiger partial charge in [-0.25, -0.2) is 0 Å². The second-order valence-corrected chi connectivity index (χ2v) is 16.0.